The van der Waals surface area contributed by atoms with Crippen LogP contribution in [0.3, 0.4) is 0 Å². The molecule has 5 nitrogen and oxygen atoms in total. The van der Waals surface area contributed by atoms with E-state index in [1.807, 2.05) is 18.4 Å². The maximum atomic E-state index is 5.11. The molecule has 2 heterocycles. The maximum absolute atomic E-state index is 5.11. The van der Waals surface area contributed by atoms with Gasteiger partial charge in [0.25, 0.3) is 0 Å². The average Bonchev–Trinajstić information content (AvgIpc) is 2.71. The fourth-order valence-corrected chi connectivity index (χ4v) is 1.83. The molecule has 0 aliphatic heterocycles. The van der Waals surface area contributed by atoms with E-state index in [2.05, 4.69) is 15.6 Å². The Morgan fingerprint density at radius 2 is 2.46 bits per heavy atom. The van der Waals surface area contributed by atoms with Crippen molar-refractivity contribution in [3.63, 3.8) is 0 Å². The number of aryl methyl sites for hydroxylation is 1. The molecule has 2 aromatic heterocycles. The molecule has 0 fully saturated rings. The Balaban J connectivity index is 2.41. The van der Waals surface area contributed by atoms with Crippen LogP contribution in [0.2, 0.25) is 0 Å². The van der Waals surface area contributed by atoms with Crippen LogP contribution in [-0.2, 0) is 0 Å². The fraction of sp³-hybridized carbons (Fsp3) is 0.143. The van der Waals surface area contributed by atoms with Crippen molar-refractivity contribution in [3.05, 3.63) is 17.0 Å². The number of anilines is 1. The van der Waals surface area contributed by atoms with Crippen LogP contribution in [-0.4, -0.2) is 10.1 Å². The summed E-state index contributed by atoms with van der Waals surface area (Å²) in [6, 6.07) is 2.23. The molecule has 0 aliphatic carbocycles. The van der Waals surface area contributed by atoms with Gasteiger partial charge in [-0.2, -0.15) is 4.98 Å². The summed E-state index contributed by atoms with van der Waals surface area (Å²) in [5.41, 5.74) is 3.43. The second kappa shape index (κ2) is 3.15. The Kier molecular flexibility index (Phi) is 1.99. The van der Waals surface area contributed by atoms with Crippen LogP contribution in [0.25, 0.3) is 10.7 Å². The average molecular weight is 196 g/mol. The van der Waals surface area contributed by atoms with Gasteiger partial charge in [-0.3, -0.25) is 5.43 Å². The van der Waals surface area contributed by atoms with Gasteiger partial charge in [0, 0.05) is 0 Å². The van der Waals surface area contributed by atoms with E-state index < -0.39 is 0 Å². The highest BCUT2D eigenvalue weighted by Crippen LogP contribution is 2.26. The summed E-state index contributed by atoms with van der Waals surface area (Å²) < 4.78 is 4.80. The standard InChI is InChI=1S/C7H8N4OS/c1-4-2-3-13-5(4)6-9-7(10-8)12-11-6/h2-3H,8H2,1H3,(H,9,10,11). The highest BCUT2D eigenvalue weighted by molar-refractivity contribution is 7.13. The first kappa shape index (κ1) is 8.21. The lowest BCUT2D eigenvalue weighted by Gasteiger charge is -1.88. The van der Waals surface area contributed by atoms with Crippen LogP contribution < -0.4 is 11.3 Å². The number of rotatable bonds is 2. The minimum Gasteiger partial charge on any atom is -0.314 e. The number of aromatic nitrogens is 2. The van der Waals surface area contributed by atoms with E-state index in [1.54, 1.807) is 11.3 Å². The minimum absolute atomic E-state index is 0.225. The third-order valence-corrected chi connectivity index (χ3v) is 2.63. The first-order valence-electron chi connectivity index (χ1n) is 3.66. The number of nitrogens with one attached hydrogen (secondary N) is 1. The molecule has 0 aliphatic rings. The Bertz CT molecular complexity index is 408. The monoisotopic (exact) mass is 196 g/mol. The van der Waals surface area contributed by atoms with Crippen LogP contribution in [0.4, 0.5) is 6.01 Å². The Labute approximate surface area is 78.5 Å². The molecule has 0 unspecified atom stereocenters. The van der Waals surface area contributed by atoms with Crippen molar-refractivity contribution in [2.24, 2.45) is 5.84 Å². The van der Waals surface area contributed by atoms with Gasteiger partial charge >= 0.3 is 6.01 Å². The fourth-order valence-electron chi connectivity index (χ4n) is 0.976. The zero-order chi connectivity index (χ0) is 9.26. The SMILES string of the molecule is Cc1ccsc1-c1noc(NN)n1. The molecule has 6 heteroatoms. The van der Waals surface area contributed by atoms with Crippen LogP contribution >= 0.6 is 11.3 Å². The molecule has 2 rings (SSSR count). The van der Waals surface area contributed by atoms with E-state index in [4.69, 9.17) is 10.4 Å². The summed E-state index contributed by atoms with van der Waals surface area (Å²) in [5.74, 6) is 5.68. The summed E-state index contributed by atoms with van der Waals surface area (Å²) >= 11 is 1.57. The number of hydrogen-bond acceptors (Lipinski definition) is 6. The van der Waals surface area contributed by atoms with Crippen molar-refractivity contribution >= 4 is 17.4 Å². The van der Waals surface area contributed by atoms with E-state index in [0.717, 1.165) is 10.4 Å². The zero-order valence-corrected chi connectivity index (χ0v) is 7.76. The molecule has 0 radical (unpaired) electrons. The lowest BCUT2D eigenvalue weighted by Crippen LogP contribution is -2.06. The molecule has 68 valence electrons. The number of thiophene rings is 1. The van der Waals surface area contributed by atoms with Gasteiger partial charge in [-0.15, -0.1) is 11.3 Å². The number of nitrogen functional groups attached to an aromatic ring is 1. The molecule has 2 aromatic rings. The third kappa shape index (κ3) is 1.41. The third-order valence-electron chi connectivity index (χ3n) is 1.61. The van der Waals surface area contributed by atoms with Gasteiger partial charge in [0.2, 0.25) is 5.82 Å². The highest BCUT2D eigenvalue weighted by atomic mass is 32.1. The van der Waals surface area contributed by atoms with Crippen molar-refractivity contribution in [3.8, 4) is 10.7 Å². The van der Waals surface area contributed by atoms with Gasteiger partial charge in [0.05, 0.1) is 4.88 Å². The van der Waals surface area contributed by atoms with Gasteiger partial charge in [0.15, 0.2) is 0 Å². The molecule has 3 N–H and O–H groups in total. The van der Waals surface area contributed by atoms with E-state index in [1.165, 1.54) is 0 Å². The van der Waals surface area contributed by atoms with Gasteiger partial charge in [-0.05, 0) is 23.9 Å². The molecule has 0 atom stereocenters. The molecule has 0 bridgehead atoms. The summed E-state index contributed by atoms with van der Waals surface area (Å²) in [4.78, 5) is 5.03. The first-order chi connectivity index (χ1) is 6.31. The molecule has 0 amide bonds. The van der Waals surface area contributed by atoms with Gasteiger partial charge in [0.1, 0.15) is 0 Å². The second-order valence-corrected chi connectivity index (χ2v) is 3.42. The summed E-state index contributed by atoms with van der Waals surface area (Å²) in [6.07, 6.45) is 0. The molecule has 0 saturated carbocycles. The van der Waals surface area contributed by atoms with Crippen molar-refractivity contribution in [1.29, 1.82) is 0 Å². The van der Waals surface area contributed by atoms with Crippen LogP contribution in [0.15, 0.2) is 16.0 Å². The topological polar surface area (TPSA) is 77.0 Å². The summed E-state index contributed by atoms with van der Waals surface area (Å²) in [7, 11) is 0. The normalized spacial score (nSPS) is 10.3. The zero-order valence-electron chi connectivity index (χ0n) is 6.94. The summed E-state index contributed by atoms with van der Waals surface area (Å²) in [6.45, 7) is 2.00. The van der Waals surface area contributed by atoms with Crippen LogP contribution in [0.1, 0.15) is 5.56 Å². The maximum Gasteiger partial charge on any atom is 0.335 e. The highest BCUT2D eigenvalue weighted by Gasteiger charge is 2.10. The van der Waals surface area contributed by atoms with Crippen LogP contribution in [0.5, 0.6) is 0 Å². The van der Waals surface area contributed by atoms with Crippen LogP contribution in [0, 0.1) is 6.92 Å². The van der Waals surface area contributed by atoms with E-state index in [-0.39, 0.29) is 6.01 Å². The van der Waals surface area contributed by atoms with Crippen molar-refractivity contribution in [2.75, 3.05) is 5.43 Å². The van der Waals surface area contributed by atoms with E-state index >= 15 is 0 Å². The number of hydrazine groups is 1. The van der Waals surface area contributed by atoms with Crippen molar-refractivity contribution in [2.45, 2.75) is 6.92 Å². The van der Waals surface area contributed by atoms with Gasteiger partial charge in [-0.1, -0.05) is 5.16 Å². The molecular weight excluding hydrogens is 188 g/mol. The Morgan fingerprint density at radius 1 is 1.62 bits per heavy atom. The van der Waals surface area contributed by atoms with Gasteiger partial charge < -0.3 is 4.52 Å². The summed E-state index contributed by atoms with van der Waals surface area (Å²) in [5, 5.41) is 5.75. The Hall–Kier alpha value is -1.40. The molecule has 13 heavy (non-hydrogen) atoms. The van der Waals surface area contributed by atoms with E-state index in [0.29, 0.717) is 5.82 Å². The smallest absolute Gasteiger partial charge is 0.314 e. The predicted molar refractivity (Wildman–Crippen MR) is 50.2 cm³/mol. The quantitative estimate of drug-likeness (QED) is 0.560. The number of nitrogens with zero attached hydrogens (tertiary/aromatic N) is 2. The van der Waals surface area contributed by atoms with Gasteiger partial charge in [-0.25, -0.2) is 5.84 Å². The molecular formula is C7H8N4OS. The molecule has 0 saturated heterocycles. The predicted octanol–water partition coefficient (Wildman–Crippen LogP) is 1.39. The molecule has 0 aromatic carbocycles. The Morgan fingerprint density at radius 3 is 3.00 bits per heavy atom. The lowest BCUT2D eigenvalue weighted by atomic mass is 10.3. The minimum atomic E-state index is 0.225. The lowest BCUT2D eigenvalue weighted by molar-refractivity contribution is 0.433. The second-order valence-electron chi connectivity index (χ2n) is 2.50. The van der Waals surface area contributed by atoms with E-state index in [9.17, 15) is 0 Å². The van der Waals surface area contributed by atoms with Crippen molar-refractivity contribution in [1.82, 2.24) is 10.1 Å². The molecule has 0 spiro atoms. The van der Waals surface area contributed by atoms with Crippen molar-refractivity contribution < 1.29 is 4.52 Å². The first-order valence-corrected chi connectivity index (χ1v) is 4.54. The number of nitrogens with two attached hydrogens (primary N) is 1. The number of hydrogen-bond donors (Lipinski definition) is 2. The largest absolute Gasteiger partial charge is 0.335 e.